The molecule has 1 aliphatic heterocycles. The third-order valence-corrected chi connectivity index (χ3v) is 4.55. The Balaban J connectivity index is 2.81. The van der Waals surface area contributed by atoms with E-state index in [2.05, 4.69) is 21.3 Å². The van der Waals surface area contributed by atoms with Gasteiger partial charge >= 0.3 is 5.97 Å². The number of carboxylic acids is 1. The van der Waals surface area contributed by atoms with E-state index in [-0.39, 0.29) is 12.3 Å². The number of carbonyl (C=O) groups is 5. The second kappa shape index (κ2) is 12.1. The van der Waals surface area contributed by atoms with Crippen LogP contribution in [-0.4, -0.2) is 77.1 Å². The minimum atomic E-state index is -1.54. The van der Waals surface area contributed by atoms with Crippen LogP contribution in [0.15, 0.2) is 0 Å². The Morgan fingerprint density at radius 2 is 1.63 bits per heavy atom. The van der Waals surface area contributed by atoms with Crippen LogP contribution < -0.4 is 27.0 Å². The standard InChI is InChI=1S/C18H31N5O7/c1-9(2)6-11(16(27)22-12(18(29)30)7-14(19)25)21-17(28)13(8-24)23-15(26)10-4-3-5-20-10/h9-13,20,24H,3-8H2,1-2H3,(H2,19,25)(H,21,28)(H,22,27)(H,23,26)(H,29,30). The number of primary amides is 1. The second-order valence-electron chi connectivity index (χ2n) is 7.65. The molecule has 1 heterocycles. The molecule has 12 nitrogen and oxygen atoms in total. The summed E-state index contributed by atoms with van der Waals surface area (Å²) in [6, 6.07) is -4.40. The lowest BCUT2D eigenvalue weighted by Crippen LogP contribution is -2.58. The van der Waals surface area contributed by atoms with Crippen molar-refractivity contribution in [1.82, 2.24) is 21.3 Å². The zero-order chi connectivity index (χ0) is 22.8. The van der Waals surface area contributed by atoms with Crippen molar-refractivity contribution >= 4 is 29.6 Å². The third-order valence-electron chi connectivity index (χ3n) is 4.55. The molecule has 0 aromatic heterocycles. The normalized spacial score (nSPS) is 18.9. The molecule has 4 atom stereocenters. The summed E-state index contributed by atoms with van der Waals surface area (Å²) < 4.78 is 0. The molecule has 0 aliphatic carbocycles. The van der Waals surface area contributed by atoms with Crippen LogP contribution in [0.25, 0.3) is 0 Å². The van der Waals surface area contributed by atoms with Gasteiger partial charge in [0.15, 0.2) is 0 Å². The molecule has 1 rings (SSSR count). The number of hydrogen-bond donors (Lipinski definition) is 7. The van der Waals surface area contributed by atoms with E-state index in [9.17, 15) is 29.1 Å². The molecule has 4 amide bonds. The lowest BCUT2D eigenvalue weighted by Gasteiger charge is -2.25. The highest BCUT2D eigenvalue weighted by Gasteiger charge is 2.31. The molecule has 30 heavy (non-hydrogen) atoms. The summed E-state index contributed by atoms with van der Waals surface area (Å²) in [5.41, 5.74) is 5.00. The zero-order valence-corrected chi connectivity index (χ0v) is 17.1. The van der Waals surface area contributed by atoms with Crippen LogP contribution in [0.4, 0.5) is 0 Å². The molecule has 1 fully saturated rings. The highest BCUT2D eigenvalue weighted by molar-refractivity contribution is 5.95. The molecule has 0 spiro atoms. The van der Waals surface area contributed by atoms with E-state index in [1.165, 1.54) is 0 Å². The molecule has 4 unspecified atom stereocenters. The number of aliphatic hydroxyl groups excluding tert-OH is 1. The van der Waals surface area contributed by atoms with Crippen molar-refractivity contribution in [3.8, 4) is 0 Å². The van der Waals surface area contributed by atoms with Crippen LogP contribution in [-0.2, 0) is 24.0 Å². The first-order valence-electron chi connectivity index (χ1n) is 9.81. The number of aliphatic carboxylic acids is 1. The molecular formula is C18H31N5O7. The lowest BCUT2D eigenvalue weighted by molar-refractivity contribution is -0.144. The molecule has 1 aliphatic rings. The fraction of sp³-hybridized carbons (Fsp3) is 0.722. The average molecular weight is 429 g/mol. The van der Waals surface area contributed by atoms with Crippen molar-refractivity contribution < 1.29 is 34.2 Å². The molecular weight excluding hydrogens is 398 g/mol. The van der Waals surface area contributed by atoms with Crippen molar-refractivity contribution in [2.45, 2.75) is 63.7 Å². The van der Waals surface area contributed by atoms with Crippen LogP contribution in [0.2, 0.25) is 0 Å². The number of carbonyl (C=O) groups excluding carboxylic acids is 4. The molecule has 0 saturated carbocycles. The van der Waals surface area contributed by atoms with Crippen LogP contribution in [0, 0.1) is 5.92 Å². The van der Waals surface area contributed by atoms with Crippen molar-refractivity contribution in [2.24, 2.45) is 11.7 Å². The number of hydrogen-bond acceptors (Lipinski definition) is 7. The van der Waals surface area contributed by atoms with E-state index in [0.717, 1.165) is 6.42 Å². The number of carboxylic acid groups (broad SMARTS) is 1. The van der Waals surface area contributed by atoms with Crippen molar-refractivity contribution in [3.63, 3.8) is 0 Å². The summed E-state index contributed by atoms with van der Waals surface area (Å²) in [6.07, 6.45) is 0.991. The maximum absolute atomic E-state index is 12.6. The fourth-order valence-electron chi connectivity index (χ4n) is 3.02. The maximum Gasteiger partial charge on any atom is 0.326 e. The summed E-state index contributed by atoms with van der Waals surface area (Å²) in [4.78, 5) is 59.5. The van der Waals surface area contributed by atoms with Gasteiger partial charge in [-0.1, -0.05) is 13.8 Å². The number of nitrogens with one attached hydrogen (secondary N) is 4. The summed E-state index contributed by atoms with van der Waals surface area (Å²) in [6.45, 7) is 3.59. The molecule has 12 heteroatoms. The number of aliphatic hydroxyl groups is 1. The first-order chi connectivity index (χ1) is 14.0. The van der Waals surface area contributed by atoms with Crippen molar-refractivity contribution in [1.29, 1.82) is 0 Å². The Labute approximate surface area is 174 Å². The average Bonchev–Trinajstić information content (AvgIpc) is 3.18. The smallest absolute Gasteiger partial charge is 0.326 e. The molecule has 0 radical (unpaired) electrons. The van der Waals surface area contributed by atoms with Gasteiger partial charge in [-0.2, -0.15) is 0 Å². The summed E-state index contributed by atoms with van der Waals surface area (Å²) >= 11 is 0. The summed E-state index contributed by atoms with van der Waals surface area (Å²) in [7, 11) is 0. The van der Waals surface area contributed by atoms with Crippen molar-refractivity contribution in [3.05, 3.63) is 0 Å². The van der Waals surface area contributed by atoms with Crippen molar-refractivity contribution in [2.75, 3.05) is 13.2 Å². The van der Waals surface area contributed by atoms with E-state index in [0.29, 0.717) is 13.0 Å². The molecule has 0 bridgehead atoms. The van der Waals surface area contributed by atoms with Crippen LogP contribution >= 0.6 is 0 Å². The zero-order valence-electron chi connectivity index (χ0n) is 17.1. The Bertz CT molecular complexity index is 649. The molecule has 170 valence electrons. The van der Waals surface area contributed by atoms with Gasteiger partial charge in [0.05, 0.1) is 19.1 Å². The van der Waals surface area contributed by atoms with Gasteiger partial charge in [0, 0.05) is 0 Å². The minimum absolute atomic E-state index is 0.0506. The van der Waals surface area contributed by atoms with Gasteiger partial charge in [-0.25, -0.2) is 4.79 Å². The number of amides is 4. The van der Waals surface area contributed by atoms with Gasteiger partial charge < -0.3 is 37.2 Å². The maximum atomic E-state index is 12.6. The summed E-state index contributed by atoms with van der Waals surface area (Å²) in [5.74, 6) is -4.43. The molecule has 8 N–H and O–H groups in total. The monoisotopic (exact) mass is 429 g/mol. The van der Waals surface area contributed by atoms with Crippen LogP contribution in [0.3, 0.4) is 0 Å². The second-order valence-corrected chi connectivity index (χ2v) is 7.65. The van der Waals surface area contributed by atoms with E-state index < -0.39 is 66.8 Å². The van der Waals surface area contributed by atoms with Crippen LogP contribution in [0.1, 0.15) is 39.5 Å². The van der Waals surface area contributed by atoms with E-state index >= 15 is 0 Å². The third kappa shape index (κ3) is 8.33. The lowest BCUT2D eigenvalue weighted by atomic mass is 10.0. The molecule has 1 saturated heterocycles. The minimum Gasteiger partial charge on any atom is -0.480 e. The van der Waals surface area contributed by atoms with E-state index in [4.69, 9.17) is 10.8 Å². The van der Waals surface area contributed by atoms with Gasteiger partial charge in [0.2, 0.25) is 23.6 Å². The quantitative estimate of drug-likeness (QED) is 0.172. The summed E-state index contributed by atoms with van der Waals surface area (Å²) in [5, 5.41) is 28.7. The van der Waals surface area contributed by atoms with Gasteiger partial charge in [-0.05, 0) is 31.7 Å². The molecule has 0 aromatic carbocycles. The topological polar surface area (TPSA) is 200 Å². The Morgan fingerprint density at radius 3 is 2.10 bits per heavy atom. The van der Waals surface area contributed by atoms with Crippen LogP contribution in [0.5, 0.6) is 0 Å². The first kappa shape index (κ1) is 25.3. The predicted octanol–water partition coefficient (Wildman–Crippen LogP) is -2.81. The van der Waals surface area contributed by atoms with Gasteiger partial charge in [-0.3, -0.25) is 19.2 Å². The predicted molar refractivity (Wildman–Crippen MR) is 105 cm³/mol. The highest BCUT2D eigenvalue weighted by Crippen LogP contribution is 2.08. The van der Waals surface area contributed by atoms with Gasteiger partial charge in [0.25, 0.3) is 0 Å². The SMILES string of the molecule is CC(C)CC(NC(=O)C(CO)NC(=O)C1CCCN1)C(=O)NC(CC(N)=O)C(=O)O. The Kier molecular flexibility index (Phi) is 10.2. The highest BCUT2D eigenvalue weighted by atomic mass is 16.4. The van der Waals surface area contributed by atoms with E-state index in [1.807, 2.05) is 0 Å². The van der Waals surface area contributed by atoms with E-state index in [1.54, 1.807) is 13.8 Å². The number of nitrogens with two attached hydrogens (primary N) is 1. The number of rotatable bonds is 12. The first-order valence-corrected chi connectivity index (χ1v) is 9.81. The molecule has 0 aromatic rings. The Morgan fingerprint density at radius 1 is 1.03 bits per heavy atom. The largest absolute Gasteiger partial charge is 0.480 e. The Hall–Kier alpha value is -2.73. The fourth-order valence-corrected chi connectivity index (χ4v) is 3.02. The van der Waals surface area contributed by atoms with Gasteiger partial charge in [-0.15, -0.1) is 0 Å². The van der Waals surface area contributed by atoms with Gasteiger partial charge in [0.1, 0.15) is 18.1 Å².